The van der Waals surface area contributed by atoms with E-state index in [1.54, 1.807) is 0 Å². The molecule has 5 rings (SSSR count). The molecule has 3 aromatic rings. The van der Waals surface area contributed by atoms with Crippen molar-refractivity contribution in [1.82, 2.24) is 14.5 Å². The Morgan fingerprint density at radius 3 is 2.81 bits per heavy atom. The van der Waals surface area contributed by atoms with Crippen molar-refractivity contribution in [2.75, 3.05) is 13.2 Å². The quantitative estimate of drug-likeness (QED) is 0.640. The van der Waals surface area contributed by atoms with Crippen LogP contribution in [-0.2, 0) is 4.79 Å². The predicted molar refractivity (Wildman–Crippen MR) is 123 cm³/mol. The first kappa shape index (κ1) is 20.5. The number of nitrogens with zero attached hydrogens (tertiary/aromatic N) is 3. The van der Waals surface area contributed by atoms with E-state index < -0.39 is 6.10 Å². The highest BCUT2D eigenvalue weighted by atomic mass is 16.5. The second-order valence-electron chi connectivity index (χ2n) is 8.60. The third-order valence-electron chi connectivity index (χ3n) is 6.28. The van der Waals surface area contributed by atoms with Crippen LogP contribution in [0.2, 0.25) is 0 Å². The van der Waals surface area contributed by atoms with E-state index in [0.29, 0.717) is 6.54 Å². The number of carbonyl (C=O) groups excluding carboxylic acids is 1. The molecule has 1 fully saturated rings. The van der Waals surface area contributed by atoms with Gasteiger partial charge in [0.1, 0.15) is 18.5 Å². The minimum Gasteiger partial charge on any atom is -0.490 e. The maximum Gasteiger partial charge on any atom is 0.250 e. The lowest BCUT2D eigenvalue weighted by Gasteiger charge is -2.41. The average molecular weight is 430 g/mol. The molecule has 0 bridgehead atoms. The van der Waals surface area contributed by atoms with E-state index in [1.807, 2.05) is 65.3 Å². The molecular formula is C26H27N3O3. The number of piperidine rings is 1. The summed E-state index contributed by atoms with van der Waals surface area (Å²) in [6.45, 7) is 4.86. The van der Waals surface area contributed by atoms with Gasteiger partial charge in [-0.15, -0.1) is 0 Å². The SMILES string of the molecule is Cc1cn(-c2ccc(/C=C3\CCCN([C@H]4c5ccccc5OC[C@H]4O)C3=O)cc2C)cn1. The van der Waals surface area contributed by atoms with Gasteiger partial charge in [-0.3, -0.25) is 4.79 Å². The van der Waals surface area contributed by atoms with Gasteiger partial charge in [-0.25, -0.2) is 4.98 Å². The molecule has 32 heavy (non-hydrogen) atoms. The molecule has 0 spiro atoms. The fraction of sp³-hybridized carbons (Fsp3) is 0.308. The van der Waals surface area contributed by atoms with Gasteiger partial charge in [0, 0.05) is 29.6 Å². The first-order chi connectivity index (χ1) is 15.5. The highest BCUT2D eigenvalue weighted by Gasteiger charge is 2.38. The molecule has 3 heterocycles. The zero-order valence-electron chi connectivity index (χ0n) is 18.4. The minimum atomic E-state index is -0.742. The summed E-state index contributed by atoms with van der Waals surface area (Å²) in [5, 5.41) is 10.7. The molecule has 2 aliphatic heterocycles. The van der Waals surface area contributed by atoms with Gasteiger partial charge in [0.25, 0.3) is 0 Å². The summed E-state index contributed by atoms with van der Waals surface area (Å²) in [6.07, 6.45) is 6.66. The van der Waals surface area contributed by atoms with E-state index in [9.17, 15) is 9.90 Å². The molecule has 6 heteroatoms. The molecule has 0 aliphatic carbocycles. The van der Waals surface area contributed by atoms with Crippen LogP contribution in [0.1, 0.15) is 41.3 Å². The van der Waals surface area contributed by atoms with E-state index in [1.165, 1.54) is 0 Å². The number of aryl methyl sites for hydroxylation is 2. The van der Waals surface area contributed by atoms with Crippen molar-refractivity contribution in [3.63, 3.8) is 0 Å². The van der Waals surface area contributed by atoms with Crippen LogP contribution < -0.4 is 4.74 Å². The number of aromatic nitrogens is 2. The number of rotatable bonds is 3. The van der Waals surface area contributed by atoms with Crippen molar-refractivity contribution in [3.8, 4) is 11.4 Å². The third kappa shape index (κ3) is 3.71. The number of carbonyl (C=O) groups is 1. The number of fused-ring (bicyclic) bond motifs is 1. The van der Waals surface area contributed by atoms with Crippen LogP contribution in [0.25, 0.3) is 11.8 Å². The fourth-order valence-electron chi connectivity index (χ4n) is 4.75. The van der Waals surface area contributed by atoms with E-state index in [0.717, 1.165) is 52.2 Å². The van der Waals surface area contributed by atoms with Crippen LogP contribution in [0.15, 0.2) is 60.6 Å². The second-order valence-corrected chi connectivity index (χ2v) is 8.60. The Morgan fingerprint density at radius 1 is 1.19 bits per heavy atom. The summed E-state index contributed by atoms with van der Waals surface area (Å²) in [5.41, 5.74) is 5.81. The van der Waals surface area contributed by atoms with E-state index in [4.69, 9.17) is 4.74 Å². The number of likely N-dealkylation sites (tertiary alicyclic amines) is 1. The first-order valence-electron chi connectivity index (χ1n) is 11.0. The molecule has 1 saturated heterocycles. The molecule has 2 atom stereocenters. The lowest BCUT2D eigenvalue weighted by molar-refractivity contribution is -0.135. The number of aliphatic hydroxyl groups is 1. The summed E-state index contributed by atoms with van der Waals surface area (Å²) in [4.78, 5) is 19.6. The maximum absolute atomic E-state index is 13.5. The number of aliphatic hydroxyl groups excluding tert-OH is 1. The van der Waals surface area contributed by atoms with Gasteiger partial charge in [0.2, 0.25) is 5.91 Å². The highest BCUT2D eigenvalue weighted by molar-refractivity contribution is 5.99. The molecule has 2 aromatic carbocycles. The molecule has 0 radical (unpaired) electrons. The summed E-state index contributed by atoms with van der Waals surface area (Å²) in [6, 6.07) is 13.5. The number of hydrogen-bond donors (Lipinski definition) is 1. The molecule has 164 valence electrons. The topological polar surface area (TPSA) is 67.6 Å². The Morgan fingerprint density at radius 2 is 2.03 bits per heavy atom. The Hall–Kier alpha value is -3.38. The van der Waals surface area contributed by atoms with Crippen LogP contribution in [-0.4, -0.2) is 44.7 Å². The molecular weight excluding hydrogens is 402 g/mol. The Balaban J connectivity index is 1.43. The number of hydrogen-bond acceptors (Lipinski definition) is 4. The van der Waals surface area contributed by atoms with E-state index in [-0.39, 0.29) is 18.6 Å². The first-order valence-corrected chi connectivity index (χ1v) is 11.0. The van der Waals surface area contributed by atoms with Crippen molar-refractivity contribution in [3.05, 3.63) is 82.9 Å². The van der Waals surface area contributed by atoms with Crippen molar-refractivity contribution >= 4 is 12.0 Å². The Kier molecular flexibility index (Phi) is 5.31. The van der Waals surface area contributed by atoms with Crippen LogP contribution in [0.5, 0.6) is 5.75 Å². The maximum atomic E-state index is 13.5. The lowest BCUT2D eigenvalue weighted by Crippen LogP contribution is -2.47. The molecule has 1 N–H and O–H groups in total. The molecule has 1 aromatic heterocycles. The smallest absolute Gasteiger partial charge is 0.250 e. The summed E-state index contributed by atoms with van der Waals surface area (Å²) in [5.74, 6) is 0.733. The monoisotopic (exact) mass is 429 g/mol. The Labute approximate surface area is 187 Å². The van der Waals surface area contributed by atoms with Crippen LogP contribution >= 0.6 is 0 Å². The van der Waals surface area contributed by atoms with Crippen molar-refractivity contribution < 1.29 is 14.6 Å². The van der Waals surface area contributed by atoms with Gasteiger partial charge in [0.15, 0.2) is 0 Å². The standard InChI is InChI=1S/C26H27N3O3/c1-17-12-19(9-10-22(17)28-14-18(2)27-16-28)13-20-6-5-11-29(26(20)31)25-21-7-3-4-8-24(21)32-15-23(25)30/h3-4,7-10,12-14,16,23,25,30H,5-6,11,15H2,1-2H3/b20-13+/t23-,25+/m1/s1. The summed E-state index contributed by atoms with van der Waals surface area (Å²) in [7, 11) is 0. The summed E-state index contributed by atoms with van der Waals surface area (Å²) >= 11 is 0. The van der Waals surface area contributed by atoms with Gasteiger partial charge < -0.3 is 19.3 Å². The van der Waals surface area contributed by atoms with Gasteiger partial charge in [-0.05, 0) is 62.1 Å². The van der Waals surface area contributed by atoms with Crippen LogP contribution in [0, 0.1) is 13.8 Å². The molecule has 0 unspecified atom stereocenters. The zero-order valence-corrected chi connectivity index (χ0v) is 18.4. The zero-order chi connectivity index (χ0) is 22.2. The van der Waals surface area contributed by atoms with Gasteiger partial charge in [0.05, 0.1) is 18.1 Å². The number of imidazole rings is 1. The number of ether oxygens (including phenoxy) is 1. The number of benzene rings is 2. The van der Waals surface area contributed by atoms with Gasteiger partial charge in [-0.2, -0.15) is 0 Å². The predicted octanol–water partition coefficient (Wildman–Crippen LogP) is 3.99. The van der Waals surface area contributed by atoms with Crippen LogP contribution in [0.4, 0.5) is 0 Å². The van der Waals surface area contributed by atoms with Gasteiger partial charge in [-0.1, -0.05) is 24.3 Å². The Bertz CT molecular complexity index is 1200. The summed E-state index contributed by atoms with van der Waals surface area (Å²) < 4.78 is 7.68. The average Bonchev–Trinajstić information content (AvgIpc) is 3.22. The number of para-hydroxylation sites is 1. The fourth-order valence-corrected chi connectivity index (χ4v) is 4.75. The largest absolute Gasteiger partial charge is 0.490 e. The molecule has 6 nitrogen and oxygen atoms in total. The van der Waals surface area contributed by atoms with E-state index in [2.05, 4.69) is 24.0 Å². The minimum absolute atomic E-state index is 0.0102. The highest BCUT2D eigenvalue weighted by Crippen LogP contribution is 2.38. The molecule has 0 saturated carbocycles. The van der Waals surface area contributed by atoms with E-state index >= 15 is 0 Å². The van der Waals surface area contributed by atoms with Crippen LogP contribution in [0.3, 0.4) is 0 Å². The molecule has 2 aliphatic rings. The number of amides is 1. The van der Waals surface area contributed by atoms with Crippen molar-refractivity contribution in [1.29, 1.82) is 0 Å². The van der Waals surface area contributed by atoms with Crippen molar-refractivity contribution in [2.45, 2.75) is 38.8 Å². The lowest BCUT2D eigenvalue weighted by atomic mass is 9.92. The molecule has 1 amide bonds. The van der Waals surface area contributed by atoms with Gasteiger partial charge >= 0.3 is 0 Å². The van der Waals surface area contributed by atoms with Crippen molar-refractivity contribution in [2.24, 2.45) is 0 Å². The normalized spacial score (nSPS) is 22.0. The second kappa shape index (κ2) is 8.28. The third-order valence-corrected chi connectivity index (χ3v) is 6.28.